The number of halogens is 1. The van der Waals surface area contributed by atoms with Gasteiger partial charge in [-0.3, -0.25) is 9.89 Å². The van der Waals surface area contributed by atoms with Crippen molar-refractivity contribution in [1.82, 2.24) is 4.90 Å². The van der Waals surface area contributed by atoms with Gasteiger partial charge in [0.2, 0.25) is 0 Å². The maximum Gasteiger partial charge on any atom is 0.185 e. The monoisotopic (exact) mass is 282 g/mol. The molecule has 4 N–H and O–H groups in total. The quantitative estimate of drug-likeness (QED) is 0.638. The summed E-state index contributed by atoms with van der Waals surface area (Å²) in [6, 6.07) is 7.95. The summed E-state index contributed by atoms with van der Waals surface area (Å²) in [4.78, 5) is 6.47. The number of aliphatic imine (C=N–C) groups is 1. The summed E-state index contributed by atoms with van der Waals surface area (Å²) in [5.41, 5.74) is 12.0. The number of hydrogen-bond acceptors (Lipinski definition) is 3. The Hall–Kier alpha value is -1.30. The molecule has 0 spiro atoms. The molecule has 1 heterocycles. The van der Waals surface area contributed by atoms with E-state index in [9.17, 15) is 0 Å². The number of hydrogen-bond donors (Lipinski definition) is 2. The van der Waals surface area contributed by atoms with Crippen LogP contribution in [0, 0.1) is 0 Å². The molecule has 1 aliphatic heterocycles. The molecule has 0 radical (unpaired) electrons. The van der Waals surface area contributed by atoms with E-state index in [4.69, 9.17) is 27.8 Å². The second-order valence-electron chi connectivity index (χ2n) is 4.48. The SMILES string of the molecule is NC(N)=NCC(c1cccc(Cl)c1)N1CCOCC1. The van der Waals surface area contributed by atoms with Crippen LogP contribution in [0.25, 0.3) is 0 Å². The number of rotatable bonds is 4. The lowest BCUT2D eigenvalue weighted by Gasteiger charge is -2.34. The molecule has 1 aromatic carbocycles. The van der Waals surface area contributed by atoms with Gasteiger partial charge in [0.15, 0.2) is 5.96 Å². The van der Waals surface area contributed by atoms with Gasteiger partial charge in [-0.1, -0.05) is 23.7 Å². The summed E-state index contributed by atoms with van der Waals surface area (Å²) >= 11 is 6.06. The van der Waals surface area contributed by atoms with Crippen molar-refractivity contribution in [1.29, 1.82) is 0 Å². The van der Waals surface area contributed by atoms with Crippen LogP contribution in [-0.2, 0) is 4.74 Å². The molecule has 5 nitrogen and oxygen atoms in total. The average Bonchev–Trinajstić information content (AvgIpc) is 2.40. The molecule has 104 valence electrons. The number of morpholine rings is 1. The predicted octanol–water partition coefficient (Wildman–Crippen LogP) is 0.987. The maximum atomic E-state index is 6.06. The zero-order valence-corrected chi connectivity index (χ0v) is 11.5. The van der Waals surface area contributed by atoms with Crippen LogP contribution in [0.5, 0.6) is 0 Å². The molecule has 0 bridgehead atoms. The smallest absolute Gasteiger partial charge is 0.185 e. The Labute approximate surface area is 118 Å². The first-order chi connectivity index (χ1) is 9.16. The minimum absolute atomic E-state index is 0.111. The van der Waals surface area contributed by atoms with Crippen LogP contribution < -0.4 is 11.5 Å². The lowest BCUT2D eigenvalue weighted by atomic mass is 10.0. The largest absolute Gasteiger partial charge is 0.379 e. The van der Waals surface area contributed by atoms with Gasteiger partial charge in [0.1, 0.15) is 0 Å². The number of nitrogens with two attached hydrogens (primary N) is 2. The molecule has 6 heteroatoms. The van der Waals surface area contributed by atoms with Crippen molar-refractivity contribution < 1.29 is 4.74 Å². The van der Waals surface area contributed by atoms with Crippen LogP contribution in [-0.4, -0.2) is 43.7 Å². The topological polar surface area (TPSA) is 76.9 Å². The van der Waals surface area contributed by atoms with E-state index in [1.54, 1.807) is 0 Å². The highest BCUT2D eigenvalue weighted by Crippen LogP contribution is 2.24. The zero-order valence-electron chi connectivity index (χ0n) is 10.8. The van der Waals surface area contributed by atoms with E-state index in [2.05, 4.69) is 9.89 Å². The number of ether oxygens (including phenoxy) is 1. The van der Waals surface area contributed by atoms with Crippen molar-refractivity contribution in [3.63, 3.8) is 0 Å². The second-order valence-corrected chi connectivity index (χ2v) is 4.92. The van der Waals surface area contributed by atoms with Crippen molar-refractivity contribution >= 4 is 17.6 Å². The summed E-state index contributed by atoms with van der Waals surface area (Å²) in [6.45, 7) is 3.74. The number of nitrogens with zero attached hydrogens (tertiary/aromatic N) is 2. The van der Waals surface area contributed by atoms with Crippen LogP contribution in [0.4, 0.5) is 0 Å². The van der Waals surface area contributed by atoms with Gasteiger partial charge in [-0.2, -0.15) is 0 Å². The van der Waals surface area contributed by atoms with Crippen molar-refractivity contribution in [3.05, 3.63) is 34.9 Å². The third-order valence-corrected chi connectivity index (χ3v) is 3.40. The maximum absolute atomic E-state index is 6.06. The Kier molecular flexibility index (Phi) is 5.01. The first-order valence-electron chi connectivity index (χ1n) is 6.29. The lowest BCUT2D eigenvalue weighted by Crippen LogP contribution is -2.40. The molecule has 2 rings (SSSR count). The molecule has 0 amide bonds. The minimum atomic E-state index is 0.111. The van der Waals surface area contributed by atoms with Gasteiger partial charge in [-0.25, -0.2) is 0 Å². The van der Waals surface area contributed by atoms with E-state index in [1.165, 1.54) is 0 Å². The number of benzene rings is 1. The van der Waals surface area contributed by atoms with E-state index >= 15 is 0 Å². The Morgan fingerprint density at radius 2 is 2.11 bits per heavy atom. The first-order valence-corrected chi connectivity index (χ1v) is 6.67. The molecule has 1 fully saturated rings. The molecule has 1 aromatic rings. The molecule has 1 aliphatic rings. The van der Waals surface area contributed by atoms with Crippen LogP contribution in [0.2, 0.25) is 5.02 Å². The molecular weight excluding hydrogens is 264 g/mol. The van der Waals surface area contributed by atoms with Crippen molar-refractivity contribution in [2.24, 2.45) is 16.5 Å². The van der Waals surface area contributed by atoms with Gasteiger partial charge in [0, 0.05) is 18.1 Å². The molecule has 0 aliphatic carbocycles. The molecule has 0 aromatic heterocycles. The molecule has 1 unspecified atom stereocenters. The van der Waals surface area contributed by atoms with Crippen LogP contribution in [0.3, 0.4) is 0 Å². The molecular formula is C13H19ClN4O. The molecule has 19 heavy (non-hydrogen) atoms. The third-order valence-electron chi connectivity index (χ3n) is 3.17. The first kappa shape index (κ1) is 14.1. The standard InChI is InChI=1S/C13H19ClN4O/c14-11-3-1-2-10(8-11)12(9-17-13(15)16)18-4-6-19-7-5-18/h1-3,8,12H,4-7,9H2,(H4,15,16,17). The minimum Gasteiger partial charge on any atom is -0.379 e. The normalized spacial score (nSPS) is 17.9. The zero-order chi connectivity index (χ0) is 13.7. The Morgan fingerprint density at radius 3 is 2.74 bits per heavy atom. The van der Waals surface area contributed by atoms with Crippen molar-refractivity contribution in [2.45, 2.75) is 6.04 Å². The highest BCUT2D eigenvalue weighted by Gasteiger charge is 2.22. The predicted molar refractivity (Wildman–Crippen MR) is 77.3 cm³/mol. The Balaban J connectivity index is 2.19. The Bertz CT molecular complexity index is 442. The van der Waals surface area contributed by atoms with E-state index in [1.807, 2.05) is 24.3 Å². The third kappa shape index (κ3) is 4.09. The van der Waals surface area contributed by atoms with Gasteiger partial charge in [0.25, 0.3) is 0 Å². The van der Waals surface area contributed by atoms with Gasteiger partial charge >= 0.3 is 0 Å². The van der Waals surface area contributed by atoms with Crippen LogP contribution in [0.1, 0.15) is 11.6 Å². The van der Waals surface area contributed by atoms with Crippen molar-refractivity contribution in [2.75, 3.05) is 32.8 Å². The van der Waals surface area contributed by atoms with Crippen LogP contribution >= 0.6 is 11.6 Å². The fourth-order valence-electron chi connectivity index (χ4n) is 2.23. The highest BCUT2D eigenvalue weighted by atomic mass is 35.5. The van der Waals surface area contributed by atoms with Gasteiger partial charge in [-0.15, -0.1) is 0 Å². The summed E-state index contributed by atoms with van der Waals surface area (Å²) in [5, 5.41) is 0.723. The summed E-state index contributed by atoms with van der Waals surface area (Å²) in [6.07, 6.45) is 0. The van der Waals surface area contributed by atoms with E-state index in [-0.39, 0.29) is 12.0 Å². The van der Waals surface area contributed by atoms with E-state index < -0.39 is 0 Å². The molecule has 0 saturated carbocycles. The fraction of sp³-hybridized carbons (Fsp3) is 0.462. The van der Waals surface area contributed by atoms with Crippen molar-refractivity contribution in [3.8, 4) is 0 Å². The lowest BCUT2D eigenvalue weighted by molar-refractivity contribution is 0.0180. The van der Waals surface area contributed by atoms with Gasteiger partial charge < -0.3 is 16.2 Å². The summed E-state index contributed by atoms with van der Waals surface area (Å²) in [5.74, 6) is 0.111. The summed E-state index contributed by atoms with van der Waals surface area (Å²) in [7, 11) is 0. The van der Waals surface area contributed by atoms with E-state index in [0.717, 1.165) is 36.9 Å². The Morgan fingerprint density at radius 1 is 1.37 bits per heavy atom. The molecule has 1 saturated heterocycles. The van der Waals surface area contributed by atoms with Crippen LogP contribution in [0.15, 0.2) is 29.3 Å². The van der Waals surface area contributed by atoms with Gasteiger partial charge in [0.05, 0.1) is 25.8 Å². The summed E-state index contributed by atoms with van der Waals surface area (Å²) < 4.78 is 5.38. The average molecular weight is 283 g/mol. The van der Waals surface area contributed by atoms with Gasteiger partial charge in [-0.05, 0) is 17.7 Å². The van der Waals surface area contributed by atoms with E-state index in [0.29, 0.717) is 6.54 Å². The highest BCUT2D eigenvalue weighted by molar-refractivity contribution is 6.30. The fourth-order valence-corrected chi connectivity index (χ4v) is 2.43. The second kappa shape index (κ2) is 6.75. The molecule has 1 atom stereocenters. The number of guanidine groups is 1.